The van der Waals surface area contributed by atoms with Gasteiger partial charge in [0.05, 0.1) is 0 Å². The van der Waals surface area contributed by atoms with Crippen molar-refractivity contribution < 1.29 is 4.42 Å². The van der Waals surface area contributed by atoms with Crippen LogP contribution >= 0.6 is 12.2 Å². The van der Waals surface area contributed by atoms with Crippen molar-refractivity contribution in [2.45, 2.75) is 72.3 Å². The van der Waals surface area contributed by atoms with Gasteiger partial charge in [0.15, 0.2) is 5.11 Å². The van der Waals surface area contributed by atoms with E-state index in [1.54, 1.807) is 0 Å². The molecule has 2 rings (SSSR count). The van der Waals surface area contributed by atoms with E-state index < -0.39 is 0 Å². The van der Waals surface area contributed by atoms with E-state index in [0.717, 1.165) is 36.3 Å². The maximum absolute atomic E-state index is 11.6. The summed E-state index contributed by atoms with van der Waals surface area (Å²) in [5.74, 6) is 0. The Morgan fingerprint density at radius 3 is 2.40 bits per heavy atom. The first-order valence-electron chi connectivity index (χ1n) is 11.3. The SMILES string of the molecule is CCCCCN(CCCCC)C[C@@H](C)NC(=S)Nc1ccc2c(C)cc(=O)oc2c1. The molecular formula is C24H37N3O2S. The highest BCUT2D eigenvalue weighted by Crippen LogP contribution is 2.20. The third-order valence-electron chi connectivity index (χ3n) is 5.27. The summed E-state index contributed by atoms with van der Waals surface area (Å²) in [6.07, 6.45) is 7.55. The summed E-state index contributed by atoms with van der Waals surface area (Å²) < 4.78 is 5.33. The van der Waals surface area contributed by atoms with Gasteiger partial charge in [-0.2, -0.15) is 0 Å². The van der Waals surface area contributed by atoms with E-state index in [1.807, 2.05) is 25.1 Å². The van der Waals surface area contributed by atoms with Crippen LogP contribution in [0.3, 0.4) is 0 Å². The van der Waals surface area contributed by atoms with Crippen LogP contribution in [0.2, 0.25) is 0 Å². The molecule has 0 saturated carbocycles. The molecule has 166 valence electrons. The molecule has 0 aliphatic carbocycles. The number of nitrogens with zero attached hydrogens (tertiary/aromatic N) is 1. The molecule has 1 aromatic carbocycles. The molecule has 0 fully saturated rings. The van der Waals surface area contributed by atoms with Crippen LogP contribution in [0.5, 0.6) is 0 Å². The van der Waals surface area contributed by atoms with Crippen LogP contribution < -0.4 is 16.3 Å². The van der Waals surface area contributed by atoms with Gasteiger partial charge in [-0.3, -0.25) is 0 Å². The number of unbranched alkanes of at least 4 members (excludes halogenated alkanes) is 4. The van der Waals surface area contributed by atoms with E-state index in [2.05, 4.69) is 36.3 Å². The van der Waals surface area contributed by atoms with Gasteiger partial charge in [0.2, 0.25) is 0 Å². The lowest BCUT2D eigenvalue weighted by atomic mass is 10.1. The van der Waals surface area contributed by atoms with Crippen molar-refractivity contribution in [1.29, 1.82) is 0 Å². The number of hydrogen-bond acceptors (Lipinski definition) is 4. The van der Waals surface area contributed by atoms with Crippen LogP contribution in [-0.2, 0) is 0 Å². The molecule has 0 aliphatic rings. The first-order valence-corrected chi connectivity index (χ1v) is 11.7. The number of nitrogens with one attached hydrogen (secondary N) is 2. The zero-order valence-electron chi connectivity index (χ0n) is 18.9. The molecule has 0 radical (unpaired) electrons. The minimum Gasteiger partial charge on any atom is -0.423 e. The van der Waals surface area contributed by atoms with Crippen molar-refractivity contribution in [3.8, 4) is 0 Å². The van der Waals surface area contributed by atoms with E-state index in [1.165, 1.54) is 44.6 Å². The number of rotatable bonds is 12. The van der Waals surface area contributed by atoms with Crippen LogP contribution in [0, 0.1) is 6.92 Å². The van der Waals surface area contributed by atoms with Gasteiger partial charge in [0.25, 0.3) is 0 Å². The summed E-state index contributed by atoms with van der Waals surface area (Å²) in [4.78, 5) is 14.2. The highest BCUT2D eigenvalue weighted by molar-refractivity contribution is 7.80. The molecule has 2 aromatic rings. The monoisotopic (exact) mass is 431 g/mol. The van der Waals surface area contributed by atoms with E-state index in [0.29, 0.717) is 10.7 Å². The van der Waals surface area contributed by atoms with Crippen molar-refractivity contribution in [1.82, 2.24) is 10.2 Å². The summed E-state index contributed by atoms with van der Waals surface area (Å²) in [6, 6.07) is 7.48. The zero-order chi connectivity index (χ0) is 21.9. The fraction of sp³-hybridized carbons (Fsp3) is 0.583. The second-order valence-electron chi connectivity index (χ2n) is 8.17. The van der Waals surface area contributed by atoms with Crippen molar-refractivity contribution in [2.75, 3.05) is 25.0 Å². The van der Waals surface area contributed by atoms with Crippen LogP contribution in [0.4, 0.5) is 5.69 Å². The number of aryl methyl sites for hydroxylation is 1. The maximum atomic E-state index is 11.6. The number of fused-ring (bicyclic) bond motifs is 1. The van der Waals surface area contributed by atoms with Gasteiger partial charge in [0.1, 0.15) is 5.58 Å². The molecule has 0 spiro atoms. The van der Waals surface area contributed by atoms with E-state index >= 15 is 0 Å². The maximum Gasteiger partial charge on any atom is 0.336 e. The molecule has 0 bridgehead atoms. The van der Waals surface area contributed by atoms with Gasteiger partial charge in [0, 0.05) is 35.8 Å². The van der Waals surface area contributed by atoms with Gasteiger partial charge in [-0.05, 0) is 69.7 Å². The molecule has 0 saturated heterocycles. The third-order valence-corrected chi connectivity index (χ3v) is 5.49. The van der Waals surface area contributed by atoms with Crippen LogP contribution in [0.15, 0.2) is 33.5 Å². The molecule has 0 amide bonds. The molecular weight excluding hydrogens is 394 g/mol. The Kier molecular flexibility index (Phi) is 10.3. The first kappa shape index (κ1) is 24.4. The lowest BCUT2D eigenvalue weighted by Gasteiger charge is -2.27. The van der Waals surface area contributed by atoms with Gasteiger partial charge < -0.3 is 20.0 Å². The predicted octanol–water partition coefficient (Wildman–Crippen LogP) is 5.46. The quantitative estimate of drug-likeness (QED) is 0.264. The lowest BCUT2D eigenvalue weighted by molar-refractivity contribution is 0.245. The number of thiocarbonyl (C=S) groups is 1. The standard InChI is InChI=1S/C24H37N3O2S/c1-5-7-9-13-27(14-10-8-6-2)17-19(4)25-24(30)26-20-11-12-21-18(3)15-23(28)29-22(21)16-20/h11-12,15-16,19H,5-10,13-14,17H2,1-4H3,(H2,25,26,30)/t19-/m1/s1. The Balaban J connectivity index is 1.91. The Labute approximate surface area is 186 Å². The van der Waals surface area contributed by atoms with Gasteiger partial charge >= 0.3 is 5.63 Å². The molecule has 1 atom stereocenters. The molecule has 6 heteroatoms. The highest BCUT2D eigenvalue weighted by Gasteiger charge is 2.12. The zero-order valence-corrected chi connectivity index (χ0v) is 19.7. The largest absolute Gasteiger partial charge is 0.423 e. The van der Waals surface area contributed by atoms with Crippen molar-refractivity contribution >= 4 is 34.0 Å². The molecule has 1 heterocycles. The van der Waals surface area contributed by atoms with Gasteiger partial charge in [-0.25, -0.2) is 4.79 Å². The van der Waals surface area contributed by atoms with E-state index in [-0.39, 0.29) is 11.7 Å². The first-order chi connectivity index (χ1) is 14.4. The molecule has 5 nitrogen and oxygen atoms in total. The average molecular weight is 432 g/mol. The second kappa shape index (κ2) is 12.7. The van der Waals surface area contributed by atoms with Crippen molar-refractivity contribution in [2.24, 2.45) is 0 Å². The fourth-order valence-corrected chi connectivity index (χ4v) is 4.01. The molecule has 0 unspecified atom stereocenters. The van der Waals surface area contributed by atoms with E-state index in [9.17, 15) is 4.79 Å². The molecule has 1 aromatic heterocycles. The number of hydrogen-bond donors (Lipinski definition) is 2. The smallest absolute Gasteiger partial charge is 0.336 e. The van der Waals surface area contributed by atoms with Crippen molar-refractivity contribution in [3.63, 3.8) is 0 Å². The van der Waals surface area contributed by atoms with E-state index in [4.69, 9.17) is 16.6 Å². The number of benzene rings is 1. The number of anilines is 1. The minimum atomic E-state index is -0.335. The highest BCUT2D eigenvalue weighted by atomic mass is 32.1. The average Bonchev–Trinajstić information content (AvgIpc) is 2.67. The Hall–Kier alpha value is -1.92. The topological polar surface area (TPSA) is 57.5 Å². The van der Waals surface area contributed by atoms with Gasteiger partial charge in [-0.1, -0.05) is 39.5 Å². The van der Waals surface area contributed by atoms with Crippen LogP contribution in [0.1, 0.15) is 64.9 Å². The molecule has 2 N–H and O–H groups in total. The predicted molar refractivity (Wildman–Crippen MR) is 132 cm³/mol. The van der Waals surface area contributed by atoms with Crippen LogP contribution in [-0.4, -0.2) is 35.7 Å². The Morgan fingerprint density at radius 1 is 1.10 bits per heavy atom. The molecule has 0 aliphatic heterocycles. The van der Waals surface area contributed by atoms with Crippen molar-refractivity contribution in [3.05, 3.63) is 40.2 Å². The summed E-state index contributed by atoms with van der Waals surface area (Å²) in [6.45, 7) is 11.8. The third kappa shape index (κ3) is 8.07. The summed E-state index contributed by atoms with van der Waals surface area (Å²) >= 11 is 5.52. The lowest BCUT2D eigenvalue weighted by Crippen LogP contribution is -2.44. The fourth-order valence-electron chi connectivity index (χ4n) is 3.69. The molecule has 30 heavy (non-hydrogen) atoms. The minimum absolute atomic E-state index is 0.244. The summed E-state index contributed by atoms with van der Waals surface area (Å²) in [5.41, 5.74) is 1.95. The Bertz CT molecular complexity index is 855. The van der Waals surface area contributed by atoms with Gasteiger partial charge in [-0.15, -0.1) is 0 Å². The summed E-state index contributed by atoms with van der Waals surface area (Å²) in [7, 11) is 0. The second-order valence-corrected chi connectivity index (χ2v) is 8.58. The summed E-state index contributed by atoms with van der Waals surface area (Å²) in [5, 5.41) is 8.13. The van der Waals surface area contributed by atoms with Crippen LogP contribution in [0.25, 0.3) is 11.0 Å². The normalized spacial score (nSPS) is 12.3. The Morgan fingerprint density at radius 2 is 1.77 bits per heavy atom.